The summed E-state index contributed by atoms with van der Waals surface area (Å²) in [5.41, 5.74) is 0. The zero-order valence-electron chi connectivity index (χ0n) is 51.7. The molecule has 0 rings (SSSR count). The van der Waals surface area contributed by atoms with Crippen molar-refractivity contribution in [2.45, 2.75) is 374 Å². The molecule has 6 heteroatoms. The first-order chi connectivity index (χ1) is 38.0. The number of carbonyl (C=O) groups is 3. The molecule has 450 valence electrons. The summed E-state index contributed by atoms with van der Waals surface area (Å²) >= 11 is 0. The Balaban J connectivity index is 3.94. The quantitative estimate of drug-likeness (QED) is 0.0261. The van der Waals surface area contributed by atoms with E-state index in [1.807, 2.05) is 0 Å². The maximum Gasteiger partial charge on any atom is 0.306 e. The molecule has 0 aliphatic heterocycles. The third-order valence-corrected chi connectivity index (χ3v) is 15.3. The van der Waals surface area contributed by atoms with Crippen molar-refractivity contribution in [3.8, 4) is 0 Å². The number of hydrogen-bond donors (Lipinski definition) is 0. The molecule has 0 fully saturated rings. The molecule has 0 saturated heterocycles. The molecule has 0 aliphatic carbocycles. The fraction of sp³-hybridized carbons (Fsp3) is 0.845. The summed E-state index contributed by atoms with van der Waals surface area (Å²) < 4.78 is 16.8. The van der Waals surface area contributed by atoms with Gasteiger partial charge in [-0.05, 0) is 57.8 Å². The summed E-state index contributed by atoms with van der Waals surface area (Å²) in [4.78, 5) is 38.0. The smallest absolute Gasteiger partial charge is 0.306 e. The van der Waals surface area contributed by atoms with Gasteiger partial charge < -0.3 is 14.2 Å². The van der Waals surface area contributed by atoms with E-state index in [2.05, 4.69) is 69.4 Å². The predicted octanol–water partition coefficient (Wildman–Crippen LogP) is 23.3. The fourth-order valence-corrected chi connectivity index (χ4v) is 10.3. The fourth-order valence-electron chi connectivity index (χ4n) is 10.3. The van der Waals surface area contributed by atoms with Crippen molar-refractivity contribution in [1.29, 1.82) is 0 Å². The van der Waals surface area contributed by atoms with Crippen molar-refractivity contribution >= 4 is 17.9 Å². The zero-order chi connectivity index (χ0) is 55.7. The molecular formula is C71H130O6. The van der Waals surface area contributed by atoms with E-state index >= 15 is 0 Å². The van der Waals surface area contributed by atoms with Gasteiger partial charge in [0.05, 0.1) is 0 Å². The topological polar surface area (TPSA) is 78.9 Å². The van der Waals surface area contributed by atoms with E-state index in [0.717, 1.165) is 83.5 Å². The number of carbonyl (C=O) groups excluding carboxylic acids is 3. The minimum Gasteiger partial charge on any atom is -0.462 e. The number of esters is 3. The lowest BCUT2D eigenvalue weighted by atomic mass is 10.0. The van der Waals surface area contributed by atoms with Crippen molar-refractivity contribution in [3.05, 3.63) is 48.6 Å². The Kier molecular flexibility index (Phi) is 63.6. The second-order valence-electron chi connectivity index (χ2n) is 23.1. The zero-order valence-corrected chi connectivity index (χ0v) is 51.7. The lowest BCUT2D eigenvalue weighted by Gasteiger charge is -2.18. The largest absolute Gasteiger partial charge is 0.462 e. The number of allylic oxidation sites excluding steroid dienone is 8. The Morgan fingerprint density at radius 2 is 0.506 bits per heavy atom. The van der Waals surface area contributed by atoms with Gasteiger partial charge in [0.2, 0.25) is 0 Å². The number of unbranched alkanes of at least 4 members (excludes halogenated alkanes) is 44. The van der Waals surface area contributed by atoms with E-state index in [4.69, 9.17) is 14.2 Å². The SMILES string of the molecule is CC/C=C\C/C=C\C/C=C\C/C=C\CCCCCCCCCCCCCCCCCCCCCCC(=O)OCC(COC(=O)CCCCCCCC)OC(=O)CCCCCCCCCCCCCCCCCCCCCC. The number of ether oxygens (including phenoxy) is 3. The van der Waals surface area contributed by atoms with Crippen LogP contribution in [0.3, 0.4) is 0 Å². The maximum absolute atomic E-state index is 12.8. The lowest BCUT2D eigenvalue weighted by Crippen LogP contribution is -2.30. The first kappa shape index (κ1) is 74.4. The van der Waals surface area contributed by atoms with Gasteiger partial charge in [0.1, 0.15) is 13.2 Å². The van der Waals surface area contributed by atoms with Gasteiger partial charge in [-0.25, -0.2) is 0 Å². The third kappa shape index (κ3) is 64.1. The molecule has 0 radical (unpaired) electrons. The molecule has 1 atom stereocenters. The summed E-state index contributed by atoms with van der Waals surface area (Å²) in [6, 6.07) is 0. The molecule has 0 heterocycles. The van der Waals surface area contributed by atoms with Crippen molar-refractivity contribution in [2.24, 2.45) is 0 Å². The third-order valence-electron chi connectivity index (χ3n) is 15.3. The van der Waals surface area contributed by atoms with Crippen LogP contribution in [-0.2, 0) is 28.6 Å². The Morgan fingerprint density at radius 1 is 0.273 bits per heavy atom. The van der Waals surface area contributed by atoms with Gasteiger partial charge in [0.15, 0.2) is 6.10 Å². The Hall–Kier alpha value is -2.63. The van der Waals surface area contributed by atoms with Crippen LogP contribution < -0.4 is 0 Å². The molecule has 0 aromatic heterocycles. The minimum absolute atomic E-state index is 0.0660. The average Bonchev–Trinajstić information content (AvgIpc) is 3.43. The first-order valence-corrected chi connectivity index (χ1v) is 34.1. The highest BCUT2D eigenvalue weighted by atomic mass is 16.6. The van der Waals surface area contributed by atoms with Gasteiger partial charge in [-0.15, -0.1) is 0 Å². The van der Waals surface area contributed by atoms with E-state index in [-0.39, 0.29) is 31.1 Å². The molecule has 0 bridgehead atoms. The minimum atomic E-state index is -0.765. The van der Waals surface area contributed by atoms with Gasteiger partial charge in [0, 0.05) is 19.3 Å². The standard InChI is InChI=1S/C71H130O6/c1-4-7-10-13-16-18-20-22-24-26-28-30-31-32-33-34-35-36-37-38-39-40-41-42-44-45-47-49-51-53-55-58-61-64-70(73)76-67-68(66-75-69(72)63-60-57-15-12-9-6-3)77-71(74)65-62-59-56-54-52-50-48-46-43-29-27-25-23-21-19-17-14-11-8-5-2/h7,10,16,18,22,24,28,30,68H,4-6,8-9,11-15,17,19-21,23,25-27,29,31-67H2,1-3H3/b10-7-,18-16-,24-22-,30-28-. The molecule has 6 nitrogen and oxygen atoms in total. The summed E-state index contributed by atoms with van der Waals surface area (Å²) in [6.07, 6.45) is 83.3. The van der Waals surface area contributed by atoms with Crippen molar-refractivity contribution in [2.75, 3.05) is 13.2 Å². The summed E-state index contributed by atoms with van der Waals surface area (Å²) in [7, 11) is 0. The van der Waals surface area contributed by atoms with E-state index in [9.17, 15) is 14.4 Å². The van der Waals surface area contributed by atoms with Crippen LogP contribution in [0.15, 0.2) is 48.6 Å². The monoisotopic (exact) mass is 1080 g/mol. The molecule has 0 N–H and O–H groups in total. The van der Waals surface area contributed by atoms with Crippen LogP contribution in [0.4, 0.5) is 0 Å². The Morgan fingerprint density at radius 3 is 0.792 bits per heavy atom. The summed E-state index contributed by atoms with van der Waals surface area (Å²) in [5, 5.41) is 0. The molecule has 0 spiro atoms. The van der Waals surface area contributed by atoms with E-state index in [1.165, 1.54) is 244 Å². The number of rotatable bonds is 63. The number of hydrogen-bond acceptors (Lipinski definition) is 6. The van der Waals surface area contributed by atoms with Crippen LogP contribution in [0.2, 0.25) is 0 Å². The molecule has 0 aliphatic rings. The van der Waals surface area contributed by atoms with Crippen molar-refractivity contribution in [3.63, 3.8) is 0 Å². The molecule has 0 saturated carbocycles. The van der Waals surface area contributed by atoms with Crippen LogP contribution in [-0.4, -0.2) is 37.2 Å². The van der Waals surface area contributed by atoms with Crippen LogP contribution in [0.1, 0.15) is 367 Å². The molecular weight excluding hydrogens is 949 g/mol. The maximum atomic E-state index is 12.8. The van der Waals surface area contributed by atoms with E-state index < -0.39 is 6.10 Å². The lowest BCUT2D eigenvalue weighted by molar-refractivity contribution is -0.167. The average molecular weight is 1080 g/mol. The van der Waals surface area contributed by atoms with Crippen LogP contribution in [0, 0.1) is 0 Å². The van der Waals surface area contributed by atoms with Gasteiger partial charge in [0.25, 0.3) is 0 Å². The summed E-state index contributed by atoms with van der Waals surface area (Å²) in [5.74, 6) is -0.850. The second kappa shape index (κ2) is 65.9. The highest BCUT2D eigenvalue weighted by Gasteiger charge is 2.19. The van der Waals surface area contributed by atoms with Gasteiger partial charge >= 0.3 is 17.9 Å². The molecule has 77 heavy (non-hydrogen) atoms. The highest BCUT2D eigenvalue weighted by molar-refractivity contribution is 5.71. The van der Waals surface area contributed by atoms with Crippen LogP contribution >= 0.6 is 0 Å². The first-order valence-electron chi connectivity index (χ1n) is 34.1. The van der Waals surface area contributed by atoms with E-state index in [0.29, 0.717) is 19.3 Å². The summed E-state index contributed by atoms with van der Waals surface area (Å²) in [6.45, 7) is 6.53. The predicted molar refractivity (Wildman–Crippen MR) is 335 cm³/mol. The molecule has 0 aromatic rings. The highest BCUT2D eigenvalue weighted by Crippen LogP contribution is 2.18. The molecule has 0 amide bonds. The van der Waals surface area contributed by atoms with Gasteiger partial charge in [-0.3, -0.25) is 14.4 Å². The van der Waals surface area contributed by atoms with Crippen molar-refractivity contribution < 1.29 is 28.6 Å². The Bertz CT molecular complexity index is 1330. The van der Waals surface area contributed by atoms with Crippen molar-refractivity contribution in [1.82, 2.24) is 0 Å². The second-order valence-corrected chi connectivity index (χ2v) is 23.1. The Labute approximate surface area is 479 Å². The van der Waals surface area contributed by atoms with Crippen LogP contribution in [0.5, 0.6) is 0 Å². The molecule has 1 unspecified atom stereocenters. The van der Waals surface area contributed by atoms with Gasteiger partial charge in [-0.2, -0.15) is 0 Å². The molecule has 0 aromatic carbocycles. The van der Waals surface area contributed by atoms with Crippen LogP contribution in [0.25, 0.3) is 0 Å². The van der Waals surface area contributed by atoms with E-state index in [1.54, 1.807) is 0 Å². The normalized spacial score (nSPS) is 12.3. The van der Waals surface area contributed by atoms with Gasteiger partial charge in [-0.1, -0.05) is 339 Å².